The monoisotopic (exact) mass is 313 g/mol. The molecular formula is C15H27N3O2S. The quantitative estimate of drug-likeness (QED) is 0.783. The Morgan fingerprint density at radius 3 is 2.24 bits per heavy atom. The number of nitrogens with zero attached hydrogens (tertiary/aromatic N) is 2. The Labute approximate surface area is 128 Å². The Balaban J connectivity index is 3.13. The first-order valence-corrected chi connectivity index (χ1v) is 8.84. The molecule has 1 aliphatic rings. The van der Waals surface area contributed by atoms with Crippen LogP contribution in [0.25, 0.3) is 0 Å². The molecule has 0 spiro atoms. The Morgan fingerprint density at radius 2 is 1.81 bits per heavy atom. The molecule has 1 atom stereocenters. The van der Waals surface area contributed by atoms with Crippen molar-refractivity contribution in [3.05, 3.63) is 22.0 Å². The van der Waals surface area contributed by atoms with Crippen LogP contribution in [-0.2, 0) is 9.84 Å². The third kappa shape index (κ3) is 4.02. The molecule has 0 saturated carbocycles. The van der Waals surface area contributed by atoms with Crippen LogP contribution in [0.15, 0.2) is 27.0 Å². The summed E-state index contributed by atoms with van der Waals surface area (Å²) in [6.07, 6.45) is 3.28. The Morgan fingerprint density at radius 1 is 1.24 bits per heavy atom. The maximum Gasteiger partial charge on any atom is 0.203 e. The van der Waals surface area contributed by atoms with Gasteiger partial charge in [-0.2, -0.15) is 0 Å². The second-order valence-electron chi connectivity index (χ2n) is 5.13. The highest BCUT2D eigenvalue weighted by Crippen LogP contribution is 2.22. The number of hydrogen-bond donors (Lipinski definition) is 1. The fourth-order valence-corrected chi connectivity index (χ4v) is 4.02. The second kappa shape index (κ2) is 7.87. The molecule has 1 fully saturated rings. The molecule has 1 aliphatic heterocycles. The SMILES string of the molecule is CC=C(C)S(=O)(=O)/C(=C/C)C(=NC)C(C)N1CCNCC1. The maximum absolute atomic E-state index is 12.6. The molecule has 0 amide bonds. The molecule has 5 nitrogen and oxygen atoms in total. The van der Waals surface area contributed by atoms with Crippen LogP contribution in [0.5, 0.6) is 0 Å². The summed E-state index contributed by atoms with van der Waals surface area (Å²) >= 11 is 0. The van der Waals surface area contributed by atoms with E-state index in [4.69, 9.17) is 0 Å². The van der Waals surface area contributed by atoms with E-state index < -0.39 is 9.84 Å². The van der Waals surface area contributed by atoms with Gasteiger partial charge in [-0.1, -0.05) is 12.2 Å². The summed E-state index contributed by atoms with van der Waals surface area (Å²) in [4.78, 5) is 7.25. The van der Waals surface area contributed by atoms with Crippen LogP contribution in [0.1, 0.15) is 27.7 Å². The van der Waals surface area contributed by atoms with Crippen molar-refractivity contribution in [3.63, 3.8) is 0 Å². The van der Waals surface area contributed by atoms with Crippen molar-refractivity contribution in [1.82, 2.24) is 10.2 Å². The van der Waals surface area contributed by atoms with E-state index in [1.54, 1.807) is 40.0 Å². The standard InChI is InChI=1S/C15H27N3O2S/c1-6-12(3)21(19,20)14(7-2)15(16-5)13(4)18-10-8-17-9-11-18/h6-7,13,17H,8-11H2,1-5H3/b12-6?,14-7+,16-15?. The molecule has 1 N–H and O–H groups in total. The maximum atomic E-state index is 12.6. The van der Waals surface area contributed by atoms with E-state index in [-0.39, 0.29) is 6.04 Å². The van der Waals surface area contributed by atoms with E-state index in [2.05, 4.69) is 15.2 Å². The molecule has 0 bridgehead atoms. The van der Waals surface area contributed by atoms with Crippen molar-refractivity contribution in [1.29, 1.82) is 0 Å². The highest BCUT2D eigenvalue weighted by molar-refractivity contribution is 7.99. The Kier molecular flexibility index (Phi) is 6.77. The lowest BCUT2D eigenvalue weighted by atomic mass is 10.1. The van der Waals surface area contributed by atoms with Gasteiger partial charge in [0.2, 0.25) is 9.84 Å². The first-order valence-electron chi connectivity index (χ1n) is 7.36. The molecule has 0 radical (unpaired) electrons. The normalized spacial score (nSPS) is 21.5. The zero-order valence-electron chi connectivity index (χ0n) is 13.7. The van der Waals surface area contributed by atoms with E-state index in [9.17, 15) is 8.42 Å². The molecule has 6 heteroatoms. The lowest BCUT2D eigenvalue weighted by Gasteiger charge is -2.34. The van der Waals surface area contributed by atoms with Gasteiger partial charge in [-0.05, 0) is 27.7 Å². The van der Waals surface area contributed by atoms with Crippen LogP contribution in [0.2, 0.25) is 0 Å². The number of nitrogens with one attached hydrogen (secondary N) is 1. The van der Waals surface area contributed by atoms with Gasteiger partial charge in [-0.15, -0.1) is 0 Å². The van der Waals surface area contributed by atoms with Crippen LogP contribution in [0.4, 0.5) is 0 Å². The Hall–Kier alpha value is -0.980. The van der Waals surface area contributed by atoms with Crippen molar-refractivity contribution < 1.29 is 8.42 Å². The van der Waals surface area contributed by atoms with Gasteiger partial charge >= 0.3 is 0 Å². The number of allylic oxidation sites excluding steroid dienone is 3. The second-order valence-corrected chi connectivity index (χ2v) is 7.22. The van der Waals surface area contributed by atoms with Crippen LogP contribution >= 0.6 is 0 Å². The molecule has 1 saturated heterocycles. The van der Waals surface area contributed by atoms with Gasteiger partial charge in [0.25, 0.3) is 0 Å². The van der Waals surface area contributed by atoms with Gasteiger partial charge < -0.3 is 5.32 Å². The fraction of sp³-hybridized carbons (Fsp3) is 0.667. The van der Waals surface area contributed by atoms with Gasteiger partial charge in [-0.3, -0.25) is 9.89 Å². The lowest BCUT2D eigenvalue weighted by molar-refractivity contribution is 0.223. The van der Waals surface area contributed by atoms with E-state index >= 15 is 0 Å². The molecule has 0 aromatic heterocycles. The molecule has 0 aliphatic carbocycles. The minimum Gasteiger partial charge on any atom is -0.314 e. The molecule has 1 unspecified atom stereocenters. The highest BCUT2D eigenvalue weighted by Gasteiger charge is 2.30. The van der Waals surface area contributed by atoms with Crippen molar-refractivity contribution in [2.75, 3.05) is 33.2 Å². The summed E-state index contributed by atoms with van der Waals surface area (Å²) in [5.74, 6) is 0. The number of aliphatic imine (C=N–C) groups is 1. The van der Waals surface area contributed by atoms with Gasteiger partial charge in [-0.25, -0.2) is 8.42 Å². The van der Waals surface area contributed by atoms with Gasteiger partial charge in [0.05, 0.1) is 16.7 Å². The first-order chi connectivity index (χ1) is 9.89. The van der Waals surface area contributed by atoms with Crippen molar-refractivity contribution >= 4 is 15.5 Å². The lowest BCUT2D eigenvalue weighted by Crippen LogP contribution is -2.50. The number of hydrogen-bond acceptors (Lipinski definition) is 5. The summed E-state index contributed by atoms with van der Waals surface area (Å²) in [6, 6.07) is -0.0114. The molecule has 1 rings (SSSR count). The largest absolute Gasteiger partial charge is 0.314 e. The fourth-order valence-electron chi connectivity index (χ4n) is 2.51. The van der Waals surface area contributed by atoms with Gasteiger partial charge in [0, 0.05) is 38.1 Å². The molecule has 0 aromatic carbocycles. The summed E-state index contributed by atoms with van der Waals surface area (Å²) in [5, 5.41) is 3.30. The van der Waals surface area contributed by atoms with Crippen molar-refractivity contribution in [2.45, 2.75) is 33.7 Å². The molecule has 1 heterocycles. The number of rotatable bonds is 5. The van der Waals surface area contributed by atoms with E-state index in [1.165, 1.54) is 0 Å². The van der Waals surface area contributed by atoms with Crippen LogP contribution in [0.3, 0.4) is 0 Å². The van der Waals surface area contributed by atoms with Gasteiger partial charge in [0.1, 0.15) is 0 Å². The van der Waals surface area contributed by atoms with E-state index in [1.807, 2.05) is 6.92 Å². The average Bonchev–Trinajstić information content (AvgIpc) is 2.51. The summed E-state index contributed by atoms with van der Waals surface area (Å²) < 4.78 is 25.3. The zero-order valence-corrected chi connectivity index (χ0v) is 14.5. The zero-order chi connectivity index (χ0) is 16.0. The summed E-state index contributed by atoms with van der Waals surface area (Å²) in [5.41, 5.74) is 0.639. The predicted octanol–water partition coefficient (Wildman–Crippen LogP) is 1.59. The molecule has 21 heavy (non-hydrogen) atoms. The van der Waals surface area contributed by atoms with Gasteiger partial charge in [0.15, 0.2) is 0 Å². The molecular weight excluding hydrogens is 286 g/mol. The van der Waals surface area contributed by atoms with E-state index in [0.717, 1.165) is 26.2 Å². The smallest absolute Gasteiger partial charge is 0.203 e. The third-order valence-corrected chi connectivity index (χ3v) is 6.08. The topological polar surface area (TPSA) is 61.8 Å². The summed E-state index contributed by atoms with van der Waals surface area (Å²) in [6.45, 7) is 10.8. The van der Waals surface area contributed by atoms with Crippen molar-refractivity contribution in [2.24, 2.45) is 4.99 Å². The van der Waals surface area contributed by atoms with Crippen LogP contribution in [-0.4, -0.2) is 58.3 Å². The average molecular weight is 313 g/mol. The minimum absolute atomic E-state index is 0.0114. The third-order valence-electron chi connectivity index (χ3n) is 3.97. The summed E-state index contributed by atoms with van der Waals surface area (Å²) in [7, 11) is -1.78. The number of piperazine rings is 1. The number of sulfone groups is 1. The Bertz CT molecular complexity index is 541. The van der Waals surface area contributed by atoms with Crippen LogP contribution < -0.4 is 5.32 Å². The molecule has 0 aromatic rings. The van der Waals surface area contributed by atoms with Crippen LogP contribution in [0, 0.1) is 0 Å². The van der Waals surface area contributed by atoms with Crippen molar-refractivity contribution in [3.8, 4) is 0 Å². The predicted molar refractivity (Wildman–Crippen MR) is 89.4 cm³/mol. The molecule has 120 valence electrons. The highest BCUT2D eigenvalue weighted by atomic mass is 32.2. The van der Waals surface area contributed by atoms with E-state index in [0.29, 0.717) is 15.5 Å². The minimum atomic E-state index is -3.45. The first kappa shape index (κ1) is 18.1.